The summed E-state index contributed by atoms with van der Waals surface area (Å²) in [5.41, 5.74) is 1.13. The van der Waals surface area contributed by atoms with Crippen LogP contribution in [0.1, 0.15) is 11.7 Å². The Bertz CT molecular complexity index is 570. The monoisotopic (exact) mass is 347 g/mol. The molecule has 1 saturated heterocycles. The van der Waals surface area contributed by atoms with E-state index < -0.39 is 0 Å². The van der Waals surface area contributed by atoms with Crippen molar-refractivity contribution in [3.05, 3.63) is 64.6 Å². The van der Waals surface area contributed by atoms with Crippen molar-refractivity contribution in [2.45, 2.75) is 12.2 Å². The van der Waals surface area contributed by atoms with Gasteiger partial charge in [-0.3, -0.25) is 0 Å². The van der Waals surface area contributed by atoms with E-state index in [4.69, 9.17) is 9.47 Å². The van der Waals surface area contributed by atoms with E-state index in [1.54, 1.807) is 0 Å². The first-order chi connectivity index (χ1) is 10.3. The fraction of sp³-hybridized carbons (Fsp3) is 0.294. The number of morpholine rings is 1. The predicted octanol–water partition coefficient (Wildman–Crippen LogP) is 3.56. The minimum atomic E-state index is -0.127. The van der Waals surface area contributed by atoms with Crippen LogP contribution in [-0.2, 0) is 4.74 Å². The zero-order valence-electron chi connectivity index (χ0n) is 11.7. The number of para-hydroxylation sites is 1. The Labute approximate surface area is 133 Å². The van der Waals surface area contributed by atoms with Crippen LogP contribution in [0.5, 0.6) is 5.75 Å². The van der Waals surface area contributed by atoms with Gasteiger partial charge in [0.05, 0.1) is 11.1 Å². The Balaban J connectivity index is 1.87. The normalized spacial score (nSPS) is 20.0. The van der Waals surface area contributed by atoms with Gasteiger partial charge in [0.2, 0.25) is 0 Å². The maximum Gasteiger partial charge on any atom is 0.151 e. The van der Waals surface area contributed by atoms with E-state index in [1.165, 1.54) is 0 Å². The summed E-state index contributed by atoms with van der Waals surface area (Å²) in [6, 6.07) is 18.1. The van der Waals surface area contributed by atoms with E-state index >= 15 is 0 Å². The van der Waals surface area contributed by atoms with Gasteiger partial charge in [-0.2, -0.15) is 0 Å². The number of hydrogen-bond acceptors (Lipinski definition) is 3. The number of hydrogen-bond donors (Lipinski definition) is 1. The molecule has 0 bridgehead atoms. The highest BCUT2D eigenvalue weighted by Crippen LogP contribution is 2.31. The van der Waals surface area contributed by atoms with Gasteiger partial charge in [0.15, 0.2) is 6.10 Å². The molecule has 1 N–H and O–H groups in total. The molecule has 1 fully saturated rings. The van der Waals surface area contributed by atoms with Gasteiger partial charge in [-0.15, -0.1) is 0 Å². The van der Waals surface area contributed by atoms with Crippen LogP contribution in [-0.4, -0.2) is 25.8 Å². The molecule has 1 aliphatic heterocycles. The molecule has 3 rings (SSSR count). The summed E-state index contributed by atoms with van der Waals surface area (Å²) in [7, 11) is 0. The summed E-state index contributed by atoms with van der Waals surface area (Å²) in [4.78, 5) is 0. The summed E-state index contributed by atoms with van der Waals surface area (Å²) < 4.78 is 13.1. The summed E-state index contributed by atoms with van der Waals surface area (Å²) in [5.74, 6) is 0.834. The molecule has 1 aliphatic rings. The lowest BCUT2D eigenvalue weighted by Crippen LogP contribution is -2.43. The number of benzene rings is 2. The van der Waals surface area contributed by atoms with Gasteiger partial charge in [-0.25, -0.2) is 0 Å². The van der Waals surface area contributed by atoms with Gasteiger partial charge in [-0.1, -0.05) is 42.5 Å². The van der Waals surface area contributed by atoms with E-state index in [2.05, 4.69) is 33.4 Å². The second kappa shape index (κ2) is 7.07. The zero-order valence-corrected chi connectivity index (χ0v) is 13.3. The van der Waals surface area contributed by atoms with E-state index in [9.17, 15) is 0 Å². The average Bonchev–Trinajstić information content (AvgIpc) is 2.56. The van der Waals surface area contributed by atoms with Crippen LogP contribution in [0.2, 0.25) is 0 Å². The smallest absolute Gasteiger partial charge is 0.151 e. The Morgan fingerprint density at radius 1 is 1.10 bits per heavy atom. The molecule has 4 heteroatoms. The van der Waals surface area contributed by atoms with E-state index in [1.807, 2.05) is 42.5 Å². The maximum atomic E-state index is 6.26. The molecular formula is C17H18BrNO2. The molecule has 110 valence electrons. The number of rotatable bonds is 4. The first kappa shape index (κ1) is 14.6. The highest BCUT2D eigenvalue weighted by atomic mass is 79.9. The minimum absolute atomic E-state index is 0.00764. The highest BCUT2D eigenvalue weighted by molar-refractivity contribution is 9.10. The third kappa shape index (κ3) is 3.64. The Kier molecular flexibility index (Phi) is 4.91. The van der Waals surface area contributed by atoms with Crippen molar-refractivity contribution in [3.63, 3.8) is 0 Å². The van der Waals surface area contributed by atoms with E-state index in [0.717, 1.165) is 28.9 Å². The van der Waals surface area contributed by atoms with E-state index in [0.29, 0.717) is 6.61 Å². The SMILES string of the molecule is Brc1ccccc1O[C@H](c1ccccc1)C1CNCCO1. The number of nitrogens with one attached hydrogen (secondary N) is 1. The molecule has 2 atom stereocenters. The highest BCUT2D eigenvalue weighted by Gasteiger charge is 2.28. The van der Waals surface area contributed by atoms with Crippen molar-refractivity contribution in [3.8, 4) is 5.75 Å². The molecule has 3 nitrogen and oxygen atoms in total. The third-order valence-electron chi connectivity index (χ3n) is 3.51. The van der Waals surface area contributed by atoms with Gasteiger partial charge >= 0.3 is 0 Å². The topological polar surface area (TPSA) is 30.5 Å². The third-order valence-corrected chi connectivity index (χ3v) is 4.17. The lowest BCUT2D eigenvalue weighted by Gasteiger charge is -2.31. The molecule has 1 heterocycles. The maximum absolute atomic E-state index is 6.26. The molecular weight excluding hydrogens is 330 g/mol. The largest absolute Gasteiger partial charge is 0.482 e. The molecule has 1 unspecified atom stereocenters. The van der Waals surface area contributed by atoms with Crippen molar-refractivity contribution >= 4 is 15.9 Å². The van der Waals surface area contributed by atoms with Crippen LogP contribution in [0.15, 0.2) is 59.1 Å². The second-order valence-corrected chi connectivity index (χ2v) is 5.85. The number of halogens is 1. The molecule has 0 amide bonds. The summed E-state index contributed by atoms with van der Waals surface area (Å²) >= 11 is 3.54. The van der Waals surface area contributed by atoms with Crippen LogP contribution in [0.3, 0.4) is 0 Å². The second-order valence-electron chi connectivity index (χ2n) is 4.99. The average molecular weight is 348 g/mol. The predicted molar refractivity (Wildman–Crippen MR) is 86.6 cm³/mol. The first-order valence-electron chi connectivity index (χ1n) is 7.13. The van der Waals surface area contributed by atoms with Gasteiger partial charge in [0, 0.05) is 13.1 Å². The van der Waals surface area contributed by atoms with Crippen molar-refractivity contribution in [2.24, 2.45) is 0 Å². The van der Waals surface area contributed by atoms with Crippen molar-refractivity contribution < 1.29 is 9.47 Å². The molecule has 2 aromatic carbocycles. The van der Waals surface area contributed by atoms with Gasteiger partial charge in [0.1, 0.15) is 11.9 Å². The Morgan fingerprint density at radius 3 is 2.57 bits per heavy atom. The van der Waals surface area contributed by atoms with Gasteiger partial charge < -0.3 is 14.8 Å². The fourth-order valence-electron chi connectivity index (χ4n) is 2.46. The molecule has 21 heavy (non-hydrogen) atoms. The first-order valence-corrected chi connectivity index (χ1v) is 7.92. The number of ether oxygens (including phenoxy) is 2. The van der Waals surface area contributed by atoms with Crippen LogP contribution in [0.4, 0.5) is 0 Å². The van der Waals surface area contributed by atoms with Crippen LogP contribution in [0, 0.1) is 0 Å². The van der Waals surface area contributed by atoms with Crippen molar-refractivity contribution in [1.29, 1.82) is 0 Å². The minimum Gasteiger partial charge on any atom is -0.482 e. The molecule has 0 aromatic heterocycles. The summed E-state index contributed by atoms with van der Waals surface area (Å²) in [6.07, 6.45) is -0.119. The van der Waals surface area contributed by atoms with Crippen LogP contribution in [0.25, 0.3) is 0 Å². The van der Waals surface area contributed by atoms with Crippen molar-refractivity contribution in [2.75, 3.05) is 19.7 Å². The van der Waals surface area contributed by atoms with Crippen LogP contribution < -0.4 is 10.1 Å². The van der Waals surface area contributed by atoms with Gasteiger partial charge in [0.25, 0.3) is 0 Å². The van der Waals surface area contributed by atoms with E-state index in [-0.39, 0.29) is 12.2 Å². The Hall–Kier alpha value is -1.36. The molecule has 2 aromatic rings. The zero-order chi connectivity index (χ0) is 14.5. The molecule has 0 spiro atoms. The van der Waals surface area contributed by atoms with Crippen LogP contribution >= 0.6 is 15.9 Å². The van der Waals surface area contributed by atoms with Gasteiger partial charge in [-0.05, 0) is 33.6 Å². The summed E-state index contributed by atoms with van der Waals surface area (Å²) in [5, 5.41) is 3.37. The fourth-order valence-corrected chi connectivity index (χ4v) is 2.84. The van der Waals surface area contributed by atoms with Crippen molar-refractivity contribution in [1.82, 2.24) is 5.32 Å². The standard InChI is InChI=1S/C17H18BrNO2/c18-14-8-4-5-9-15(14)21-17(13-6-2-1-3-7-13)16-12-19-10-11-20-16/h1-9,16-17,19H,10-12H2/t16?,17-/m1/s1. The Morgan fingerprint density at radius 2 is 1.86 bits per heavy atom. The lowest BCUT2D eigenvalue weighted by molar-refractivity contribution is -0.0434. The molecule has 0 aliphatic carbocycles. The lowest BCUT2D eigenvalue weighted by atomic mass is 10.0. The quantitative estimate of drug-likeness (QED) is 0.917. The summed E-state index contributed by atoms with van der Waals surface area (Å²) in [6.45, 7) is 2.41. The molecule has 0 radical (unpaired) electrons. The molecule has 0 saturated carbocycles.